The average molecular weight is 551 g/mol. The van der Waals surface area contributed by atoms with Gasteiger partial charge in [0.2, 0.25) is 5.91 Å². The maximum absolute atomic E-state index is 12.5. The van der Waals surface area contributed by atoms with E-state index in [0.29, 0.717) is 6.54 Å². The van der Waals surface area contributed by atoms with E-state index in [0.717, 1.165) is 82.8 Å². The van der Waals surface area contributed by atoms with Crippen molar-refractivity contribution in [1.82, 2.24) is 19.4 Å². The van der Waals surface area contributed by atoms with E-state index in [-0.39, 0.29) is 17.4 Å². The van der Waals surface area contributed by atoms with Crippen molar-refractivity contribution in [3.05, 3.63) is 27.9 Å². The van der Waals surface area contributed by atoms with Gasteiger partial charge in [-0.2, -0.15) is 0 Å². The first-order valence-electron chi connectivity index (χ1n) is 13.5. The van der Waals surface area contributed by atoms with E-state index in [2.05, 4.69) is 4.90 Å². The molecule has 3 aliphatic rings. The molecular formula is C26H38N4O9. The number of likely N-dealkylation sites (tertiary alicyclic amines) is 2. The summed E-state index contributed by atoms with van der Waals surface area (Å²) in [5.74, 6) is -3.51. The van der Waals surface area contributed by atoms with Crippen LogP contribution in [0.25, 0.3) is 0 Å². The Morgan fingerprint density at radius 3 is 2.13 bits per heavy atom. The van der Waals surface area contributed by atoms with Crippen LogP contribution in [0.1, 0.15) is 75.2 Å². The zero-order valence-corrected chi connectivity index (χ0v) is 22.1. The molecule has 4 rings (SSSR count). The van der Waals surface area contributed by atoms with Gasteiger partial charge < -0.3 is 25.3 Å². The Balaban J connectivity index is 0.000000276. The van der Waals surface area contributed by atoms with Crippen LogP contribution in [-0.2, 0) is 32.1 Å². The van der Waals surface area contributed by atoms with E-state index in [1.165, 1.54) is 12.8 Å². The van der Waals surface area contributed by atoms with Crippen molar-refractivity contribution in [3.8, 4) is 0 Å². The molecule has 0 aliphatic carbocycles. The summed E-state index contributed by atoms with van der Waals surface area (Å²) in [5, 5.41) is 33.8. The predicted octanol–water partition coefficient (Wildman–Crippen LogP) is 0.523. The van der Waals surface area contributed by atoms with E-state index < -0.39 is 36.4 Å². The molecule has 1 unspecified atom stereocenters. The lowest BCUT2D eigenvalue weighted by Crippen LogP contribution is -2.42. The third kappa shape index (κ3) is 8.59. The normalized spacial score (nSPS) is 19.8. The predicted molar refractivity (Wildman–Crippen MR) is 137 cm³/mol. The van der Waals surface area contributed by atoms with Crippen LogP contribution in [0.15, 0.2) is 10.9 Å². The van der Waals surface area contributed by atoms with Crippen molar-refractivity contribution < 1.29 is 39.6 Å². The molecule has 0 aromatic carbocycles. The fraction of sp³-hybridized carbons (Fsp3) is 0.692. The number of fused-ring (bicyclic) bond motifs is 1. The maximum atomic E-state index is 12.5. The lowest BCUT2D eigenvalue weighted by atomic mass is 9.96. The molecule has 0 spiro atoms. The Morgan fingerprint density at radius 1 is 0.897 bits per heavy atom. The molecule has 0 bridgehead atoms. The van der Waals surface area contributed by atoms with Crippen LogP contribution in [0.2, 0.25) is 0 Å². The van der Waals surface area contributed by atoms with E-state index in [4.69, 9.17) is 25.4 Å². The van der Waals surface area contributed by atoms with Crippen LogP contribution >= 0.6 is 0 Å². The molecule has 2 saturated heterocycles. The number of carboxylic acid groups (broad SMARTS) is 3. The third-order valence-electron chi connectivity index (χ3n) is 7.43. The number of hydrogen-bond donors (Lipinski definition) is 4. The lowest BCUT2D eigenvalue weighted by molar-refractivity contribution is -0.170. The lowest BCUT2D eigenvalue weighted by Gasteiger charge is -2.28. The number of amides is 1. The summed E-state index contributed by atoms with van der Waals surface area (Å²) in [6, 6.07) is 1.75. The van der Waals surface area contributed by atoms with E-state index in [1.807, 2.05) is 9.47 Å². The van der Waals surface area contributed by atoms with Gasteiger partial charge >= 0.3 is 17.9 Å². The molecule has 1 atom stereocenters. The fourth-order valence-corrected chi connectivity index (χ4v) is 5.31. The second-order valence-electron chi connectivity index (χ2n) is 10.5. The van der Waals surface area contributed by atoms with Gasteiger partial charge in [-0.15, -0.1) is 0 Å². The number of carboxylic acids is 3. The molecule has 13 nitrogen and oxygen atoms in total. The molecule has 216 valence electrons. The van der Waals surface area contributed by atoms with Crippen molar-refractivity contribution >= 4 is 23.8 Å². The summed E-state index contributed by atoms with van der Waals surface area (Å²) in [5.41, 5.74) is -1.69. The Morgan fingerprint density at radius 2 is 1.51 bits per heavy atom. The molecule has 39 heavy (non-hydrogen) atoms. The standard InChI is InChI=1S/C20H30N4O2.C6H8O7/c25-19-13-17(21-18-7-3-1-6-11-24(18)19)16-8-12-22(14-16)15-20(26)23-9-4-2-5-10-23;7-3(8)1-6(13,5(11)12)2-4(9)10/h13,16H,1-12,14-15H2;13H,1-2H2,(H,7,8)(H,9,10)(H,11,12). The summed E-state index contributed by atoms with van der Waals surface area (Å²) < 4.78 is 1.86. The summed E-state index contributed by atoms with van der Waals surface area (Å²) in [4.78, 5) is 64.6. The quantitative estimate of drug-likeness (QED) is 0.353. The molecule has 0 saturated carbocycles. The van der Waals surface area contributed by atoms with Crippen molar-refractivity contribution in [3.63, 3.8) is 0 Å². The molecule has 3 aliphatic heterocycles. The van der Waals surface area contributed by atoms with Gasteiger partial charge in [-0.3, -0.25) is 28.6 Å². The Bertz CT molecular complexity index is 1100. The van der Waals surface area contributed by atoms with Gasteiger partial charge in [-0.05, 0) is 45.1 Å². The maximum Gasteiger partial charge on any atom is 0.336 e. The van der Waals surface area contributed by atoms with Crippen molar-refractivity contribution in [2.45, 2.75) is 82.3 Å². The highest BCUT2D eigenvalue weighted by atomic mass is 16.4. The highest BCUT2D eigenvalue weighted by Crippen LogP contribution is 2.26. The molecule has 1 aromatic heterocycles. The molecule has 4 heterocycles. The fourth-order valence-electron chi connectivity index (χ4n) is 5.31. The number of aliphatic carboxylic acids is 3. The van der Waals surface area contributed by atoms with E-state index in [9.17, 15) is 24.0 Å². The minimum absolute atomic E-state index is 0.106. The summed E-state index contributed by atoms with van der Waals surface area (Å²) in [6.45, 7) is 4.92. The van der Waals surface area contributed by atoms with Crippen LogP contribution in [-0.4, -0.2) is 102 Å². The molecule has 13 heteroatoms. The summed E-state index contributed by atoms with van der Waals surface area (Å²) in [6.07, 6.45) is 6.50. The van der Waals surface area contributed by atoms with Crippen LogP contribution in [0, 0.1) is 0 Å². The van der Waals surface area contributed by atoms with E-state index >= 15 is 0 Å². The third-order valence-corrected chi connectivity index (χ3v) is 7.43. The van der Waals surface area contributed by atoms with Crippen molar-refractivity contribution in [2.24, 2.45) is 0 Å². The highest BCUT2D eigenvalue weighted by molar-refractivity contribution is 5.88. The van der Waals surface area contributed by atoms with Crippen molar-refractivity contribution in [2.75, 3.05) is 32.7 Å². The molecular weight excluding hydrogens is 512 g/mol. The summed E-state index contributed by atoms with van der Waals surface area (Å²) >= 11 is 0. The largest absolute Gasteiger partial charge is 0.481 e. The first-order chi connectivity index (χ1) is 18.5. The second kappa shape index (κ2) is 13.7. The smallest absolute Gasteiger partial charge is 0.336 e. The average Bonchev–Trinajstić information content (AvgIpc) is 3.19. The first kappa shape index (κ1) is 30.2. The van der Waals surface area contributed by atoms with Gasteiger partial charge in [0, 0.05) is 44.6 Å². The van der Waals surface area contributed by atoms with Gasteiger partial charge in [0.1, 0.15) is 5.82 Å². The zero-order chi connectivity index (χ0) is 28.6. The van der Waals surface area contributed by atoms with Gasteiger partial charge in [0.25, 0.3) is 5.56 Å². The number of rotatable bonds is 8. The van der Waals surface area contributed by atoms with Crippen molar-refractivity contribution in [1.29, 1.82) is 0 Å². The molecule has 0 radical (unpaired) electrons. The SMILES string of the molecule is O=C(CN1CCC(c2cc(=O)n3c(n2)CCCCC3)C1)N1CCCCC1.O=C(O)CC(O)(CC(=O)O)C(=O)O. The molecule has 2 fully saturated rings. The molecule has 4 N–H and O–H groups in total. The molecule has 1 amide bonds. The van der Waals surface area contributed by atoms with Gasteiger partial charge in [0.15, 0.2) is 5.60 Å². The number of piperidine rings is 1. The molecule has 1 aromatic rings. The number of aliphatic hydroxyl groups is 1. The van der Waals surface area contributed by atoms with E-state index in [1.54, 1.807) is 6.07 Å². The number of carbonyl (C=O) groups is 4. The Hall–Kier alpha value is -3.32. The minimum atomic E-state index is -2.74. The first-order valence-corrected chi connectivity index (χ1v) is 13.5. The van der Waals surface area contributed by atoms with Gasteiger partial charge in [0.05, 0.1) is 25.1 Å². The number of aromatic nitrogens is 2. The highest BCUT2D eigenvalue weighted by Gasteiger charge is 2.40. The topological polar surface area (TPSA) is 191 Å². The monoisotopic (exact) mass is 550 g/mol. The minimum Gasteiger partial charge on any atom is -0.481 e. The second-order valence-corrected chi connectivity index (χ2v) is 10.5. The number of aryl methyl sites for hydroxylation is 1. The summed E-state index contributed by atoms with van der Waals surface area (Å²) in [7, 11) is 0. The Kier molecular flexibility index (Phi) is 10.6. The van der Waals surface area contributed by atoms with Gasteiger partial charge in [-0.1, -0.05) is 6.42 Å². The van der Waals surface area contributed by atoms with Crippen LogP contribution in [0.3, 0.4) is 0 Å². The number of nitrogens with zero attached hydrogens (tertiary/aromatic N) is 4. The number of carbonyl (C=O) groups excluding carboxylic acids is 1. The van der Waals surface area contributed by atoms with Crippen LogP contribution in [0.4, 0.5) is 0 Å². The van der Waals surface area contributed by atoms with Gasteiger partial charge in [-0.25, -0.2) is 9.78 Å². The van der Waals surface area contributed by atoms with Crippen LogP contribution in [0.5, 0.6) is 0 Å². The van der Waals surface area contributed by atoms with Crippen LogP contribution < -0.4 is 5.56 Å². The zero-order valence-electron chi connectivity index (χ0n) is 22.1. The Labute approximate surface area is 226 Å². The number of hydrogen-bond acceptors (Lipinski definition) is 8.